The summed E-state index contributed by atoms with van der Waals surface area (Å²) in [5.74, 6) is 0.385. The number of carbonyl (C=O) groups excluding carboxylic acids is 1. The van der Waals surface area contributed by atoms with E-state index >= 15 is 0 Å². The summed E-state index contributed by atoms with van der Waals surface area (Å²) in [7, 11) is 1.65. The first-order chi connectivity index (χ1) is 8.95. The Bertz CT molecular complexity index is 502. The normalized spacial score (nSPS) is 11.5. The van der Waals surface area contributed by atoms with Crippen LogP contribution in [-0.2, 0) is 4.79 Å². The number of benzene rings is 1. The third-order valence-electron chi connectivity index (χ3n) is 2.48. The number of likely N-dealkylation sites (N-methyl/N-ethyl adjacent to an activating group) is 1. The topological polar surface area (TPSA) is 53.3 Å². The zero-order valence-electron chi connectivity index (χ0n) is 10.7. The predicted molar refractivity (Wildman–Crippen MR) is 77.1 cm³/mol. The van der Waals surface area contributed by atoms with Gasteiger partial charge in [-0.05, 0) is 41.1 Å². The summed E-state index contributed by atoms with van der Waals surface area (Å²) in [6.07, 6.45) is -0.319. The molecule has 0 aliphatic carbocycles. The van der Waals surface area contributed by atoms with Gasteiger partial charge in [0.05, 0.1) is 17.0 Å². The Balaban J connectivity index is 2.66. The molecular weight excluding hydrogens is 332 g/mol. The molecule has 19 heavy (non-hydrogen) atoms. The van der Waals surface area contributed by atoms with Crippen molar-refractivity contribution < 1.29 is 9.53 Å². The standard InChI is InChI=1S/C13H14BrClN2O2/c1-9(13(18)17(2)7-3-6-16)19-12-5-4-10(15)8-11(12)14/h4-5,8-9H,3,7H2,1-2H3/t9-/m0/s1. The van der Waals surface area contributed by atoms with Gasteiger partial charge < -0.3 is 9.64 Å². The summed E-state index contributed by atoms with van der Waals surface area (Å²) in [5.41, 5.74) is 0. The molecule has 4 nitrogen and oxygen atoms in total. The number of nitrogens with zero attached hydrogens (tertiary/aromatic N) is 2. The Morgan fingerprint density at radius 2 is 2.32 bits per heavy atom. The molecule has 0 radical (unpaired) electrons. The molecule has 1 atom stereocenters. The van der Waals surface area contributed by atoms with Crippen LogP contribution < -0.4 is 4.74 Å². The van der Waals surface area contributed by atoms with Crippen LogP contribution in [0.15, 0.2) is 22.7 Å². The van der Waals surface area contributed by atoms with Crippen LogP contribution in [-0.4, -0.2) is 30.5 Å². The molecule has 0 heterocycles. The lowest BCUT2D eigenvalue weighted by molar-refractivity contribution is -0.136. The van der Waals surface area contributed by atoms with E-state index in [1.807, 2.05) is 6.07 Å². The summed E-state index contributed by atoms with van der Waals surface area (Å²) in [4.78, 5) is 13.5. The van der Waals surface area contributed by atoms with Crippen LogP contribution in [0.5, 0.6) is 5.75 Å². The number of hydrogen-bond donors (Lipinski definition) is 0. The van der Waals surface area contributed by atoms with Gasteiger partial charge in [-0.15, -0.1) is 0 Å². The molecule has 1 rings (SSSR count). The Labute approximate surface area is 126 Å². The zero-order chi connectivity index (χ0) is 14.4. The van der Waals surface area contributed by atoms with Crippen molar-refractivity contribution in [3.63, 3.8) is 0 Å². The monoisotopic (exact) mass is 344 g/mol. The van der Waals surface area contributed by atoms with E-state index in [0.717, 1.165) is 0 Å². The molecule has 0 unspecified atom stereocenters. The molecule has 0 aliphatic heterocycles. The fraction of sp³-hybridized carbons (Fsp3) is 0.385. The minimum absolute atomic E-state index is 0.169. The first-order valence-corrected chi connectivity index (χ1v) is 6.86. The van der Waals surface area contributed by atoms with Gasteiger partial charge in [0.2, 0.25) is 0 Å². The fourth-order valence-corrected chi connectivity index (χ4v) is 2.23. The zero-order valence-corrected chi connectivity index (χ0v) is 13.0. The summed E-state index contributed by atoms with van der Waals surface area (Å²) in [6, 6.07) is 7.10. The quantitative estimate of drug-likeness (QED) is 0.823. The van der Waals surface area contributed by atoms with Crippen molar-refractivity contribution in [3.05, 3.63) is 27.7 Å². The Morgan fingerprint density at radius 1 is 1.63 bits per heavy atom. The van der Waals surface area contributed by atoms with Crippen LogP contribution in [0, 0.1) is 11.3 Å². The molecule has 1 amide bonds. The summed E-state index contributed by atoms with van der Waals surface area (Å²) in [5, 5.41) is 9.08. The molecular formula is C13H14BrClN2O2. The highest BCUT2D eigenvalue weighted by Crippen LogP contribution is 2.28. The van der Waals surface area contributed by atoms with Gasteiger partial charge >= 0.3 is 0 Å². The lowest BCUT2D eigenvalue weighted by Gasteiger charge is -2.21. The minimum atomic E-state index is -0.624. The van der Waals surface area contributed by atoms with Gasteiger partial charge in [-0.3, -0.25) is 4.79 Å². The Kier molecular flexibility index (Phi) is 6.13. The van der Waals surface area contributed by atoms with Gasteiger partial charge in [-0.2, -0.15) is 5.26 Å². The minimum Gasteiger partial charge on any atom is -0.480 e. The van der Waals surface area contributed by atoms with Gasteiger partial charge in [0.25, 0.3) is 5.91 Å². The van der Waals surface area contributed by atoms with Crippen molar-refractivity contribution in [3.8, 4) is 11.8 Å². The van der Waals surface area contributed by atoms with Crippen molar-refractivity contribution in [2.24, 2.45) is 0 Å². The third kappa shape index (κ3) is 4.73. The van der Waals surface area contributed by atoms with Crippen LogP contribution >= 0.6 is 27.5 Å². The molecule has 0 bridgehead atoms. The molecule has 0 aromatic heterocycles. The second-order valence-corrected chi connectivity index (χ2v) is 5.29. The molecule has 0 fully saturated rings. The van der Waals surface area contributed by atoms with E-state index in [9.17, 15) is 4.79 Å². The maximum Gasteiger partial charge on any atom is 0.263 e. The summed E-state index contributed by atoms with van der Waals surface area (Å²) < 4.78 is 6.28. The van der Waals surface area contributed by atoms with E-state index < -0.39 is 6.10 Å². The SMILES string of the molecule is C[C@H](Oc1ccc(Cl)cc1Br)C(=O)N(C)CCC#N. The highest BCUT2D eigenvalue weighted by atomic mass is 79.9. The van der Waals surface area contributed by atoms with Crippen LogP contribution in [0.2, 0.25) is 5.02 Å². The third-order valence-corrected chi connectivity index (χ3v) is 3.34. The molecule has 1 aromatic carbocycles. The van der Waals surface area contributed by atoms with Crippen LogP contribution in [0.4, 0.5) is 0 Å². The van der Waals surface area contributed by atoms with E-state index in [1.54, 1.807) is 32.2 Å². The lowest BCUT2D eigenvalue weighted by Crippen LogP contribution is -2.38. The summed E-state index contributed by atoms with van der Waals surface area (Å²) >= 11 is 9.16. The number of nitriles is 1. The lowest BCUT2D eigenvalue weighted by atomic mass is 10.3. The number of halogens is 2. The Hall–Kier alpha value is -1.25. The van der Waals surface area contributed by atoms with Crippen molar-refractivity contribution in [2.75, 3.05) is 13.6 Å². The largest absolute Gasteiger partial charge is 0.480 e. The molecule has 6 heteroatoms. The number of amides is 1. The van der Waals surface area contributed by atoms with E-state index in [2.05, 4.69) is 15.9 Å². The maximum absolute atomic E-state index is 12.0. The molecule has 0 saturated heterocycles. The van der Waals surface area contributed by atoms with Crippen molar-refractivity contribution >= 4 is 33.4 Å². The number of carbonyl (C=O) groups is 1. The van der Waals surface area contributed by atoms with E-state index in [4.69, 9.17) is 21.6 Å². The molecule has 0 saturated carbocycles. The fourth-order valence-electron chi connectivity index (χ4n) is 1.45. The maximum atomic E-state index is 12.0. The second-order valence-electron chi connectivity index (χ2n) is 4.00. The molecule has 1 aromatic rings. The van der Waals surface area contributed by atoms with Crippen LogP contribution in [0.25, 0.3) is 0 Å². The van der Waals surface area contributed by atoms with Gasteiger partial charge in [-0.1, -0.05) is 11.6 Å². The Morgan fingerprint density at radius 3 is 2.89 bits per heavy atom. The van der Waals surface area contributed by atoms with Gasteiger partial charge in [0.1, 0.15) is 5.75 Å². The van der Waals surface area contributed by atoms with E-state index in [0.29, 0.717) is 28.2 Å². The second kappa shape index (κ2) is 7.37. The first-order valence-electron chi connectivity index (χ1n) is 5.69. The van der Waals surface area contributed by atoms with Crippen molar-refractivity contribution in [1.29, 1.82) is 5.26 Å². The molecule has 102 valence electrons. The predicted octanol–water partition coefficient (Wildman–Crippen LogP) is 3.24. The average molecular weight is 346 g/mol. The van der Waals surface area contributed by atoms with E-state index in [-0.39, 0.29) is 5.91 Å². The summed E-state index contributed by atoms with van der Waals surface area (Å²) in [6.45, 7) is 2.07. The van der Waals surface area contributed by atoms with Crippen LogP contribution in [0.3, 0.4) is 0 Å². The van der Waals surface area contributed by atoms with Crippen molar-refractivity contribution in [2.45, 2.75) is 19.4 Å². The number of rotatable bonds is 5. The van der Waals surface area contributed by atoms with Gasteiger partial charge in [0, 0.05) is 18.6 Å². The molecule has 0 N–H and O–H groups in total. The molecule has 0 spiro atoms. The average Bonchev–Trinajstić information content (AvgIpc) is 2.38. The molecule has 0 aliphatic rings. The smallest absolute Gasteiger partial charge is 0.263 e. The van der Waals surface area contributed by atoms with E-state index in [1.165, 1.54) is 4.90 Å². The van der Waals surface area contributed by atoms with Gasteiger partial charge in [0.15, 0.2) is 6.10 Å². The van der Waals surface area contributed by atoms with Gasteiger partial charge in [-0.25, -0.2) is 0 Å². The van der Waals surface area contributed by atoms with Crippen molar-refractivity contribution in [1.82, 2.24) is 4.90 Å². The number of ether oxygens (including phenoxy) is 1. The van der Waals surface area contributed by atoms with Crippen LogP contribution in [0.1, 0.15) is 13.3 Å². The number of hydrogen-bond acceptors (Lipinski definition) is 3. The highest BCUT2D eigenvalue weighted by Gasteiger charge is 2.19. The first kappa shape index (κ1) is 15.8. The highest BCUT2D eigenvalue weighted by molar-refractivity contribution is 9.10.